The van der Waals surface area contributed by atoms with Gasteiger partial charge in [0, 0.05) is 42.5 Å². The van der Waals surface area contributed by atoms with Crippen molar-refractivity contribution in [1.82, 2.24) is 10.6 Å². The number of carbonyl (C=O) groups is 1. The fraction of sp³-hybridized carbons (Fsp3) is 0.400. The number of anilines is 1. The summed E-state index contributed by atoms with van der Waals surface area (Å²) in [5, 5.41) is 9.35. The molecule has 2 saturated carbocycles. The molecule has 1 aromatic rings. The Bertz CT molecular complexity index is 890. The van der Waals surface area contributed by atoms with Crippen molar-refractivity contribution in [3.63, 3.8) is 0 Å². The molecule has 2 fully saturated rings. The fourth-order valence-corrected chi connectivity index (χ4v) is 2.92. The van der Waals surface area contributed by atoms with E-state index in [1.807, 2.05) is 12.1 Å². The second-order valence-electron chi connectivity index (χ2n) is 7.08. The van der Waals surface area contributed by atoms with Crippen LogP contribution in [0, 0.1) is 0 Å². The fourth-order valence-electron chi connectivity index (χ4n) is 2.92. The van der Waals surface area contributed by atoms with Gasteiger partial charge in [-0.05, 0) is 37.8 Å². The molecule has 140 valence electrons. The van der Waals surface area contributed by atoms with Crippen LogP contribution in [0.4, 0.5) is 5.69 Å². The van der Waals surface area contributed by atoms with Crippen molar-refractivity contribution in [3.05, 3.63) is 35.9 Å². The summed E-state index contributed by atoms with van der Waals surface area (Å²) < 4.78 is 0. The molecule has 7 heteroatoms. The van der Waals surface area contributed by atoms with Crippen molar-refractivity contribution in [3.8, 4) is 0 Å². The van der Waals surface area contributed by atoms with Crippen LogP contribution < -0.4 is 16.0 Å². The van der Waals surface area contributed by atoms with E-state index in [9.17, 15) is 4.79 Å². The van der Waals surface area contributed by atoms with E-state index in [0.29, 0.717) is 35.2 Å². The van der Waals surface area contributed by atoms with E-state index in [1.54, 1.807) is 20.2 Å². The van der Waals surface area contributed by atoms with Crippen LogP contribution in [0.1, 0.15) is 41.6 Å². The first-order valence-corrected chi connectivity index (χ1v) is 9.32. The Labute approximate surface area is 158 Å². The van der Waals surface area contributed by atoms with Gasteiger partial charge in [0.25, 0.3) is 5.91 Å². The number of amidine groups is 1. The molecular formula is C20H24N6O. The average molecular weight is 364 g/mol. The summed E-state index contributed by atoms with van der Waals surface area (Å²) in [6.45, 7) is 4.26. The highest BCUT2D eigenvalue weighted by atomic mass is 16.1. The molecule has 0 atom stereocenters. The summed E-state index contributed by atoms with van der Waals surface area (Å²) in [7, 11) is 3.35. The second kappa shape index (κ2) is 6.98. The molecule has 7 nitrogen and oxygen atoms in total. The summed E-state index contributed by atoms with van der Waals surface area (Å²) in [5.74, 6) is 1.17. The van der Waals surface area contributed by atoms with Crippen LogP contribution in [-0.4, -0.2) is 49.6 Å². The van der Waals surface area contributed by atoms with Crippen molar-refractivity contribution in [1.29, 1.82) is 0 Å². The van der Waals surface area contributed by atoms with Gasteiger partial charge in [0.05, 0.1) is 6.04 Å². The number of amides is 1. The first kappa shape index (κ1) is 17.5. The Kier molecular flexibility index (Phi) is 4.51. The molecule has 0 unspecified atom stereocenters. The standard InChI is InChI=1S/C20H24N6O/c1-11-15-9-4-12(19(27)21-2)10-16(15)25-18(23-13-5-6-13)17(11)26-20(22-3)24-14-7-8-14/h4,9-10,13-14H,1,5-8H2,2-3H3,(H,21,27)(H,22,24)(H,23,25). The Morgan fingerprint density at radius 3 is 2.67 bits per heavy atom. The summed E-state index contributed by atoms with van der Waals surface area (Å²) in [4.78, 5) is 25.8. The van der Waals surface area contributed by atoms with Crippen LogP contribution >= 0.6 is 0 Å². The van der Waals surface area contributed by atoms with Crippen LogP contribution in [0.3, 0.4) is 0 Å². The highest BCUT2D eigenvalue weighted by Crippen LogP contribution is 2.32. The highest BCUT2D eigenvalue weighted by Gasteiger charge is 2.29. The maximum atomic E-state index is 12.0. The quantitative estimate of drug-likeness (QED) is 0.567. The number of fused-ring (bicyclic) bond motifs is 1. The molecule has 0 radical (unpaired) electrons. The van der Waals surface area contributed by atoms with Crippen LogP contribution in [0.2, 0.25) is 0 Å². The van der Waals surface area contributed by atoms with E-state index in [-0.39, 0.29) is 5.91 Å². The van der Waals surface area contributed by atoms with Gasteiger partial charge in [0.2, 0.25) is 5.96 Å². The lowest BCUT2D eigenvalue weighted by Gasteiger charge is -2.24. The van der Waals surface area contributed by atoms with Crippen molar-refractivity contribution in [2.24, 2.45) is 15.0 Å². The van der Waals surface area contributed by atoms with Crippen LogP contribution in [0.15, 0.2) is 39.8 Å². The number of hydrogen-bond acceptors (Lipinski definition) is 3. The maximum absolute atomic E-state index is 12.0. The van der Waals surface area contributed by atoms with Gasteiger partial charge in [-0.2, -0.15) is 0 Å². The number of carbonyl (C=O) groups excluding carboxylic acids is 1. The van der Waals surface area contributed by atoms with E-state index in [0.717, 1.165) is 42.5 Å². The van der Waals surface area contributed by atoms with E-state index in [1.165, 1.54) is 0 Å². The number of rotatable bonds is 3. The van der Waals surface area contributed by atoms with Crippen LogP contribution in [0.5, 0.6) is 0 Å². The molecule has 2 aliphatic carbocycles. The monoisotopic (exact) mass is 364 g/mol. The smallest absolute Gasteiger partial charge is 0.251 e. The molecule has 0 saturated heterocycles. The first-order chi connectivity index (χ1) is 13.1. The lowest BCUT2D eigenvalue weighted by Crippen LogP contribution is -2.33. The van der Waals surface area contributed by atoms with Crippen molar-refractivity contribution < 1.29 is 4.79 Å². The zero-order valence-electron chi connectivity index (χ0n) is 15.7. The Balaban J connectivity index is 1.72. The minimum absolute atomic E-state index is 0.126. The third-order valence-corrected chi connectivity index (χ3v) is 4.80. The number of nitrogens with one attached hydrogen (secondary N) is 3. The van der Waals surface area contributed by atoms with E-state index in [2.05, 4.69) is 27.5 Å². The summed E-state index contributed by atoms with van der Waals surface area (Å²) >= 11 is 0. The molecule has 4 rings (SSSR count). The molecule has 1 heterocycles. The van der Waals surface area contributed by atoms with Gasteiger partial charge in [0.1, 0.15) is 5.71 Å². The molecule has 0 aromatic heterocycles. The SMILES string of the molecule is C=C1C(=NC(=NC)NC2CC2)C(=NC2CC2)Nc2cc(C(=O)NC)ccc21. The highest BCUT2D eigenvalue weighted by molar-refractivity contribution is 6.63. The Hall–Kier alpha value is -2.96. The summed E-state index contributed by atoms with van der Waals surface area (Å²) in [6.07, 6.45) is 4.48. The van der Waals surface area contributed by atoms with Gasteiger partial charge < -0.3 is 16.0 Å². The predicted molar refractivity (Wildman–Crippen MR) is 110 cm³/mol. The topological polar surface area (TPSA) is 90.2 Å². The Morgan fingerprint density at radius 2 is 2.04 bits per heavy atom. The van der Waals surface area contributed by atoms with Gasteiger partial charge in [-0.3, -0.25) is 14.8 Å². The maximum Gasteiger partial charge on any atom is 0.251 e. The van der Waals surface area contributed by atoms with Crippen LogP contribution in [-0.2, 0) is 0 Å². The zero-order chi connectivity index (χ0) is 19.0. The average Bonchev–Trinajstić information content (AvgIpc) is 3.59. The number of guanidine groups is 1. The second-order valence-corrected chi connectivity index (χ2v) is 7.08. The number of hydrogen-bond donors (Lipinski definition) is 3. The van der Waals surface area contributed by atoms with E-state index < -0.39 is 0 Å². The normalized spacial score (nSPS) is 22.4. The molecule has 3 N–H and O–H groups in total. The molecule has 1 amide bonds. The van der Waals surface area contributed by atoms with Crippen LogP contribution in [0.25, 0.3) is 5.57 Å². The largest absolute Gasteiger partial charge is 0.355 e. The third kappa shape index (κ3) is 3.77. The molecule has 1 aromatic carbocycles. The van der Waals surface area contributed by atoms with Gasteiger partial charge in [-0.25, -0.2) is 4.99 Å². The summed E-state index contributed by atoms with van der Waals surface area (Å²) in [5.41, 5.74) is 3.82. The minimum Gasteiger partial charge on any atom is -0.355 e. The first-order valence-electron chi connectivity index (χ1n) is 9.32. The molecule has 0 spiro atoms. The van der Waals surface area contributed by atoms with E-state index >= 15 is 0 Å². The molecule has 0 bridgehead atoms. The van der Waals surface area contributed by atoms with Gasteiger partial charge in [-0.1, -0.05) is 12.6 Å². The van der Waals surface area contributed by atoms with E-state index in [4.69, 9.17) is 9.98 Å². The van der Waals surface area contributed by atoms with Gasteiger partial charge in [0.15, 0.2) is 5.84 Å². The van der Waals surface area contributed by atoms with Crippen molar-refractivity contribution in [2.75, 3.05) is 19.4 Å². The molecule has 1 aliphatic heterocycles. The lowest BCUT2D eigenvalue weighted by molar-refractivity contribution is 0.0963. The Morgan fingerprint density at radius 1 is 1.26 bits per heavy atom. The molecule has 27 heavy (non-hydrogen) atoms. The molecule has 3 aliphatic rings. The number of nitrogens with zero attached hydrogens (tertiary/aromatic N) is 3. The number of aliphatic imine (C=N–C) groups is 3. The predicted octanol–water partition coefficient (Wildman–Crippen LogP) is 2.22. The zero-order valence-corrected chi connectivity index (χ0v) is 15.7. The summed E-state index contributed by atoms with van der Waals surface area (Å²) in [6, 6.07) is 6.31. The number of benzene rings is 1. The van der Waals surface area contributed by atoms with Gasteiger partial charge >= 0.3 is 0 Å². The minimum atomic E-state index is -0.126. The van der Waals surface area contributed by atoms with Gasteiger partial charge in [-0.15, -0.1) is 0 Å². The molecular weight excluding hydrogens is 340 g/mol. The van der Waals surface area contributed by atoms with Crippen molar-refractivity contribution in [2.45, 2.75) is 37.8 Å². The third-order valence-electron chi connectivity index (χ3n) is 4.80. The van der Waals surface area contributed by atoms with Crippen molar-refractivity contribution >= 4 is 34.7 Å². The lowest BCUT2D eigenvalue weighted by atomic mass is 9.94.